The minimum Gasteiger partial charge on any atom is -0.495 e. The van der Waals surface area contributed by atoms with Gasteiger partial charge in [0, 0.05) is 0 Å². The zero-order chi connectivity index (χ0) is 23.0. The maximum atomic E-state index is 12.5. The maximum Gasteiger partial charge on any atom is 0.241 e. The van der Waals surface area contributed by atoms with Crippen LogP contribution in [0.15, 0.2) is 30.3 Å². The van der Waals surface area contributed by atoms with Crippen molar-refractivity contribution < 1.29 is 23.7 Å². The SMILES string of the molecule is COc1ccc(C=Cc2cc(OC)c(OC)c(OC)c2)cc1NC(=O)[C@@H](N)CC(C)C. The van der Waals surface area contributed by atoms with Crippen LogP contribution in [0.1, 0.15) is 31.4 Å². The number of methoxy groups -OCH3 is 4. The Labute approximate surface area is 184 Å². The lowest BCUT2D eigenvalue weighted by Crippen LogP contribution is -2.36. The summed E-state index contributed by atoms with van der Waals surface area (Å²) in [5.41, 5.74) is 8.32. The molecule has 7 heteroatoms. The number of carbonyl (C=O) groups excluding carboxylic acids is 1. The monoisotopic (exact) mass is 428 g/mol. The summed E-state index contributed by atoms with van der Waals surface area (Å²) in [7, 11) is 6.28. The lowest BCUT2D eigenvalue weighted by Gasteiger charge is -2.16. The summed E-state index contributed by atoms with van der Waals surface area (Å²) < 4.78 is 21.5. The fraction of sp³-hybridized carbons (Fsp3) is 0.375. The van der Waals surface area contributed by atoms with Gasteiger partial charge >= 0.3 is 0 Å². The van der Waals surface area contributed by atoms with Gasteiger partial charge in [-0.2, -0.15) is 0 Å². The van der Waals surface area contributed by atoms with Crippen LogP contribution >= 0.6 is 0 Å². The Kier molecular flexibility index (Phi) is 8.75. The van der Waals surface area contributed by atoms with E-state index in [1.54, 1.807) is 34.5 Å². The molecule has 31 heavy (non-hydrogen) atoms. The van der Waals surface area contributed by atoms with Gasteiger partial charge in [-0.05, 0) is 47.7 Å². The number of rotatable bonds is 10. The number of ether oxygens (including phenoxy) is 4. The highest BCUT2D eigenvalue weighted by Gasteiger charge is 2.17. The van der Waals surface area contributed by atoms with Crippen LogP contribution < -0.4 is 30.0 Å². The third kappa shape index (κ3) is 6.39. The lowest BCUT2D eigenvalue weighted by molar-refractivity contribution is -0.117. The topological polar surface area (TPSA) is 92.0 Å². The van der Waals surface area contributed by atoms with Crippen molar-refractivity contribution in [2.45, 2.75) is 26.3 Å². The van der Waals surface area contributed by atoms with Crippen LogP contribution in [0.25, 0.3) is 12.2 Å². The van der Waals surface area contributed by atoms with Crippen LogP contribution in [-0.2, 0) is 4.79 Å². The number of nitrogens with two attached hydrogens (primary N) is 1. The molecule has 7 nitrogen and oxygen atoms in total. The predicted molar refractivity (Wildman–Crippen MR) is 124 cm³/mol. The van der Waals surface area contributed by atoms with E-state index in [0.717, 1.165) is 11.1 Å². The molecule has 0 unspecified atom stereocenters. The molecule has 3 N–H and O–H groups in total. The van der Waals surface area contributed by atoms with Crippen LogP contribution in [0.4, 0.5) is 5.69 Å². The van der Waals surface area contributed by atoms with Gasteiger partial charge in [-0.25, -0.2) is 0 Å². The molecule has 0 aliphatic rings. The Bertz CT molecular complexity index is 899. The number of anilines is 1. The quantitative estimate of drug-likeness (QED) is 0.551. The zero-order valence-corrected chi connectivity index (χ0v) is 19.0. The number of benzene rings is 2. The first-order valence-electron chi connectivity index (χ1n) is 10.1. The lowest BCUT2D eigenvalue weighted by atomic mass is 10.0. The third-order valence-corrected chi connectivity index (χ3v) is 4.70. The summed E-state index contributed by atoms with van der Waals surface area (Å²) in [6, 6.07) is 8.68. The minimum absolute atomic E-state index is 0.238. The molecule has 1 amide bonds. The minimum atomic E-state index is -0.580. The standard InChI is InChI=1S/C24H32N2O5/c1-15(2)11-18(25)24(27)26-19-12-16(9-10-20(19)28-3)7-8-17-13-21(29-4)23(31-6)22(14-17)30-5/h7-10,12-15,18H,11,25H2,1-6H3,(H,26,27)/t18-/m0/s1. The predicted octanol–water partition coefficient (Wildman–Crippen LogP) is 4.20. The van der Waals surface area contributed by atoms with Gasteiger partial charge in [-0.3, -0.25) is 4.79 Å². The second-order valence-electron chi connectivity index (χ2n) is 7.48. The highest BCUT2D eigenvalue weighted by Crippen LogP contribution is 2.38. The first-order valence-corrected chi connectivity index (χ1v) is 10.1. The summed E-state index contributed by atoms with van der Waals surface area (Å²) in [4.78, 5) is 12.5. The average molecular weight is 429 g/mol. The fourth-order valence-electron chi connectivity index (χ4n) is 3.16. The Morgan fingerprint density at radius 3 is 2.00 bits per heavy atom. The maximum absolute atomic E-state index is 12.5. The van der Waals surface area contributed by atoms with E-state index in [2.05, 4.69) is 5.32 Å². The Hall–Kier alpha value is -3.19. The average Bonchev–Trinajstić information content (AvgIpc) is 2.76. The van der Waals surface area contributed by atoms with Crippen molar-refractivity contribution in [2.24, 2.45) is 11.7 Å². The summed E-state index contributed by atoms with van der Waals surface area (Å²) in [6.07, 6.45) is 4.45. The summed E-state index contributed by atoms with van der Waals surface area (Å²) >= 11 is 0. The van der Waals surface area contributed by atoms with Crippen molar-refractivity contribution in [1.82, 2.24) is 0 Å². The molecule has 0 spiro atoms. The van der Waals surface area contributed by atoms with Gasteiger partial charge in [0.25, 0.3) is 0 Å². The van der Waals surface area contributed by atoms with Crippen molar-refractivity contribution in [3.05, 3.63) is 41.5 Å². The van der Waals surface area contributed by atoms with Gasteiger partial charge in [0.2, 0.25) is 11.7 Å². The van der Waals surface area contributed by atoms with Gasteiger partial charge in [-0.1, -0.05) is 32.1 Å². The van der Waals surface area contributed by atoms with E-state index in [1.165, 1.54) is 0 Å². The second kappa shape index (κ2) is 11.3. The molecule has 2 rings (SSSR count). The molecule has 0 saturated heterocycles. The van der Waals surface area contributed by atoms with Crippen LogP contribution in [0.3, 0.4) is 0 Å². The van der Waals surface area contributed by atoms with E-state index in [4.69, 9.17) is 24.7 Å². The largest absolute Gasteiger partial charge is 0.495 e. The first-order chi connectivity index (χ1) is 14.8. The highest BCUT2D eigenvalue weighted by atomic mass is 16.5. The van der Waals surface area contributed by atoms with Gasteiger partial charge in [-0.15, -0.1) is 0 Å². The summed E-state index contributed by atoms with van der Waals surface area (Å²) in [6.45, 7) is 4.06. The number of hydrogen-bond acceptors (Lipinski definition) is 6. The Morgan fingerprint density at radius 1 is 0.903 bits per heavy atom. The molecule has 1 atom stereocenters. The smallest absolute Gasteiger partial charge is 0.241 e. The number of carbonyl (C=O) groups is 1. The van der Waals surface area contributed by atoms with Crippen molar-refractivity contribution >= 4 is 23.7 Å². The van der Waals surface area contributed by atoms with Crippen LogP contribution in [-0.4, -0.2) is 40.4 Å². The van der Waals surface area contributed by atoms with Crippen molar-refractivity contribution in [1.29, 1.82) is 0 Å². The van der Waals surface area contributed by atoms with E-state index in [0.29, 0.717) is 41.0 Å². The molecule has 0 aliphatic heterocycles. The molecule has 168 valence electrons. The molecule has 2 aromatic rings. The van der Waals surface area contributed by atoms with Gasteiger partial charge in [0.05, 0.1) is 40.2 Å². The van der Waals surface area contributed by atoms with E-state index in [-0.39, 0.29) is 5.91 Å². The van der Waals surface area contributed by atoms with Gasteiger partial charge in [0.15, 0.2) is 11.5 Å². The van der Waals surface area contributed by atoms with Crippen LogP contribution in [0.5, 0.6) is 23.0 Å². The molecular weight excluding hydrogens is 396 g/mol. The third-order valence-electron chi connectivity index (χ3n) is 4.70. The summed E-state index contributed by atoms with van der Waals surface area (Å²) in [5.74, 6) is 2.34. The van der Waals surface area contributed by atoms with Crippen LogP contribution in [0, 0.1) is 5.92 Å². The van der Waals surface area contributed by atoms with E-state index < -0.39 is 6.04 Å². The van der Waals surface area contributed by atoms with Gasteiger partial charge in [0.1, 0.15) is 5.75 Å². The van der Waals surface area contributed by atoms with E-state index >= 15 is 0 Å². The molecule has 0 aromatic heterocycles. The van der Waals surface area contributed by atoms with Gasteiger partial charge < -0.3 is 30.0 Å². The van der Waals surface area contributed by atoms with Crippen molar-refractivity contribution in [3.8, 4) is 23.0 Å². The van der Waals surface area contributed by atoms with E-state index in [1.807, 2.05) is 50.3 Å². The molecule has 2 aromatic carbocycles. The summed E-state index contributed by atoms with van der Waals surface area (Å²) in [5, 5.41) is 2.88. The molecule has 0 radical (unpaired) electrons. The molecule has 0 heterocycles. The molecule has 0 fully saturated rings. The second-order valence-corrected chi connectivity index (χ2v) is 7.48. The number of amides is 1. The number of nitrogens with one attached hydrogen (secondary N) is 1. The molecular formula is C24H32N2O5. The Morgan fingerprint density at radius 2 is 1.48 bits per heavy atom. The highest BCUT2D eigenvalue weighted by molar-refractivity contribution is 5.96. The normalized spacial score (nSPS) is 12.0. The molecule has 0 aliphatic carbocycles. The Balaban J connectivity index is 2.29. The van der Waals surface area contributed by atoms with Crippen molar-refractivity contribution in [2.75, 3.05) is 33.8 Å². The first kappa shape index (κ1) is 24.1. The fourth-order valence-corrected chi connectivity index (χ4v) is 3.16. The van der Waals surface area contributed by atoms with Crippen molar-refractivity contribution in [3.63, 3.8) is 0 Å². The van der Waals surface area contributed by atoms with E-state index in [9.17, 15) is 4.79 Å². The number of hydrogen-bond donors (Lipinski definition) is 2. The zero-order valence-electron chi connectivity index (χ0n) is 19.0. The molecule has 0 saturated carbocycles. The van der Waals surface area contributed by atoms with Crippen LogP contribution in [0.2, 0.25) is 0 Å². The molecule has 0 bridgehead atoms.